The molecule has 4 heterocycles. The fourth-order valence-electron chi connectivity index (χ4n) is 4.88. The number of oxime groups is 1. The normalized spacial score (nSPS) is 18.7. The molecule has 0 unspecified atom stereocenters. The molecule has 2 aliphatic heterocycles. The first-order chi connectivity index (χ1) is 17.7. The van der Waals surface area contributed by atoms with E-state index < -0.39 is 18.6 Å². The maximum atomic E-state index is 14.4. The Kier molecular flexibility index (Phi) is 8.57. The molecule has 0 spiro atoms. The van der Waals surface area contributed by atoms with Gasteiger partial charge in [0.25, 0.3) is 0 Å². The van der Waals surface area contributed by atoms with Gasteiger partial charge in [-0.15, -0.1) is 0 Å². The predicted octanol–water partition coefficient (Wildman–Crippen LogP) is 3.63. The third-order valence-corrected chi connectivity index (χ3v) is 6.77. The summed E-state index contributed by atoms with van der Waals surface area (Å²) in [6.07, 6.45) is 0.829. The molecule has 2 saturated heterocycles. The number of anilines is 1. The van der Waals surface area contributed by atoms with Crippen LogP contribution in [0, 0.1) is 17.7 Å². The van der Waals surface area contributed by atoms with E-state index in [1.165, 1.54) is 18.3 Å². The molecule has 2 fully saturated rings. The van der Waals surface area contributed by atoms with Gasteiger partial charge in [0.1, 0.15) is 17.2 Å². The van der Waals surface area contributed by atoms with E-state index in [1.54, 1.807) is 11.1 Å². The number of alkyl halides is 3. The lowest BCUT2D eigenvalue weighted by molar-refractivity contribution is -0.173. The lowest BCUT2D eigenvalue weighted by Gasteiger charge is -2.37. The summed E-state index contributed by atoms with van der Waals surface area (Å²) >= 11 is 0. The molecular weight excluding hydrogens is 492 g/mol. The first kappa shape index (κ1) is 26.8. The molecule has 2 aliphatic rings. The largest absolute Gasteiger partial charge is 0.425 e. The van der Waals surface area contributed by atoms with E-state index in [0.29, 0.717) is 31.7 Å². The Labute approximate surface area is 212 Å². The number of piperidine rings is 2. The molecule has 0 bridgehead atoms. The quantitative estimate of drug-likeness (QED) is 0.339. The number of nitrogen functional groups attached to an aromatic ring is 1. The zero-order chi connectivity index (χ0) is 26.4. The van der Waals surface area contributed by atoms with Gasteiger partial charge in [0.2, 0.25) is 12.5 Å². The van der Waals surface area contributed by atoms with Crippen LogP contribution < -0.4 is 5.73 Å². The van der Waals surface area contributed by atoms with E-state index in [4.69, 9.17) is 5.73 Å². The molecule has 0 saturated carbocycles. The van der Waals surface area contributed by atoms with Gasteiger partial charge in [-0.1, -0.05) is 5.16 Å². The molecule has 200 valence electrons. The van der Waals surface area contributed by atoms with Crippen LogP contribution in [0.3, 0.4) is 0 Å². The number of nitrogens with zero attached hydrogens (tertiary/aromatic N) is 5. The summed E-state index contributed by atoms with van der Waals surface area (Å²) < 4.78 is 52.1. The van der Waals surface area contributed by atoms with Crippen molar-refractivity contribution in [2.75, 3.05) is 38.5 Å². The number of rotatable bonds is 7. The molecule has 12 heteroatoms. The van der Waals surface area contributed by atoms with Crippen molar-refractivity contribution in [1.29, 1.82) is 0 Å². The van der Waals surface area contributed by atoms with Gasteiger partial charge in [0.15, 0.2) is 5.82 Å². The maximum absolute atomic E-state index is 14.4. The van der Waals surface area contributed by atoms with Crippen molar-refractivity contribution in [3.63, 3.8) is 0 Å². The Hall–Kier alpha value is -3.28. The number of halogens is 4. The van der Waals surface area contributed by atoms with Crippen LogP contribution in [0.5, 0.6) is 0 Å². The van der Waals surface area contributed by atoms with E-state index in [2.05, 4.69) is 24.9 Å². The van der Waals surface area contributed by atoms with Crippen molar-refractivity contribution in [3.8, 4) is 0 Å². The van der Waals surface area contributed by atoms with E-state index in [0.717, 1.165) is 38.0 Å². The molecule has 0 atom stereocenters. The van der Waals surface area contributed by atoms with Gasteiger partial charge in [0, 0.05) is 43.9 Å². The van der Waals surface area contributed by atoms with Crippen LogP contribution >= 0.6 is 0 Å². The molecular formula is C25H30F4N6O2. The number of aromatic nitrogens is 2. The maximum Gasteiger partial charge on any atom is 0.425 e. The van der Waals surface area contributed by atoms with Gasteiger partial charge in [0.05, 0.1) is 0 Å². The molecule has 0 aromatic carbocycles. The van der Waals surface area contributed by atoms with Crippen LogP contribution in [-0.4, -0.2) is 70.3 Å². The first-order valence-corrected chi connectivity index (χ1v) is 12.3. The SMILES string of the molecule is Nc1cc(CN2CCC(C(=O)N3CCC(C(=NOCC(F)(F)F)c4ncccc4F)CC3)CC2)ccn1. The van der Waals surface area contributed by atoms with Crippen molar-refractivity contribution in [2.45, 2.75) is 38.4 Å². The number of amides is 1. The second-order valence-electron chi connectivity index (χ2n) is 9.44. The smallest absolute Gasteiger partial charge is 0.386 e. The van der Waals surface area contributed by atoms with E-state index in [1.807, 2.05) is 12.1 Å². The predicted molar refractivity (Wildman–Crippen MR) is 129 cm³/mol. The Morgan fingerprint density at radius 3 is 2.41 bits per heavy atom. The highest BCUT2D eigenvalue weighted by Gasteiger charge is 2.34. The van der Waals surface area contributed by atoms with Crippen molar-refractivity contribution >= 4 is 17.4 Å². The molecule has 0 aliphatic carbocycles. The summed E-state index contributed by atoms with van der Waals surface area (Å²) in [6, 6.07) is 6.35. The Bertz CT molecular complexity index is 1100. The summed E-state index contributed by atoms with van der Waals surface area (Å²) in [4.78, 5) is 29.8. The van der Waals surface area contributed by atoms with E-state index >= 15 is 0 Å². The average molecular weight is 523 g/mol. The van der Waals surface area contributed by atoms with Gasteiger partial charge < -0.3 is 15.5 Å². The Balaban J connectivity index is 1.32. The minimum absolute atomic E-state index is 0.0412. The average Bonchev–Trinajstić information content (AvgIpc) is 2.87. The van der Waals surface area contributed by atoms with Gasteiger partial charge >= 0.3 is 6.18 Å². The van der Waals surface area contributed by atoms with Crippen molar-refractivity contribution in [1.82, 2.24) is 19.8 Å². The minimum Gasteiger partial charge on any atom is -0.386 e. The molecule has 2 aromatic heterocycles. The number of hydrogen-bond acceptors (Lipinski definition) is 7. The highest BCUT2D eigenvalue weighted by atomic mass is 19.4. The van der Waals surface area contributed by atoms with Crippen molar-refractivity contribution < 1.29 is 27.2 Å². The fourth-order valence-corrected chi connectivity index (χ4v) is 4.88. The zero-order valence-electron chi connectivity index (χ0n) is 20.3. The highest BCUT2D eigenvalue weighted by Crippen LogP contribution is 2.27. The fraction of sp³-hybridized carbons (Fsp3) is 0.520. The summed E-state index contributed by atoms with van der Waals surface area (Å²) in [5, 5.41) is 3.65. The summed E-state index contributed by atoms with van der Waals surface area (Å²) in [7, 11) is 0. The van der Waals surface area contributed by atoms with Crippen LogP contribution in [0.1, 0.15) is 36.9 Å². The van der Waals surface area contributed by atoms with Crippen LogP contribution in [0.4, 0.5) is 23.4 Å². The Morgan fingerprint density at radius 2 is 1.76 bits per heavy atom. The van der Waals surface area contributed by atoms with Crippen molar-refractivity contribution in [3.05, 3.63) is 53.7 Å². The molecule has 8 nitrogen and oxygen atoms in total. The number of likely N-dealkylation sites (tertiary alicyclic amines) is 2. The van der Waals surface area contributed by atoms with Crippen LogP contribution in [0.25, 0.3) is 0 Å². The number of pyridine rings is 2. The molecule has 1 amide bonds. The van der Waals surface area contributed by atoms with Crippen LogP contribution in [0.2, 0.25) is 0 Å². The number of hydrogen-bond donors (Lipinski definition) is 1. The Morgan fingerprint density at radius 1 is 1.05 bits per heavy atom. The lowest BCUT2D eigenvalue weighted by Crippen LogP contribution is -2.46. The van der Waals surface area contributed by atoms with Crippen LogP contribution in [0.15, 0.2) is 41.8 Å². The van der Waals surface area contributed by atoms with Gasteiger partial charge in [-0.3, -0.25) is 14.7 Å². The first-order valence-electron chi connectivity index (χ1n) is 12.3. The summed E-state index contributed by atoms with van der Waals surface area (Å²) in [6.45, 7) is 1.58. The number of nitrogens with two attached hydrogens (primary N) is 1. The molecule has 2 N–H and O–H groups in total. The van der Waals surface area contributed by atoms with Gasteiger partial charge in [-0.25, -0.2) is 9.37 Å². The van der Waals surface area contributed by atoms with Crippen molar-refractivity contribution in [2.24, 2.45) is 17.0 Å². The minimum atomic E-state index is -4.56. The topological polar surface area (TPSA) is 96.9 Å². The second kappa shape index (κ2) is 11.8. The number of carbonyl (C=O) groups excluding carboxylic acids is 1. The lowest BCUT2D eigenvalue weighted by atomic mass is 9.88. The highest BCUT2D eigenvalue weighted by molar-refractivity contribution is 6.00. The third-order valence-electron chi connectivity index (χ3n) is 6.77. The summed E-state index contributed by atoms with van der Waals surface area (Å²) in [5.41, 5.74) is 6.75. The molecule has 4 rings (SSSR count). The van der Waals surface area contributed by atoms with Gasteiger partial charge in [-0.05, 0) is 68.6 Å². The monoisotopic (exact) mass is 522 g/mol. The van der Waals surface area contributed by atoms with E-state index in [-0.39, 0.29) is 29.1 Å². The van der Waals surface area contributed by atoms with Crippen LogP contribution in [-0.2, 0) is 16.2 Å². The molecule has 0 radical (unpaired) electrons. The second-order valence-corrected chi connectivity index (χ2v) is 9.44. The molecule has 2 aromatic rings. The zero-order valence-corrected chi connectivity index (χ0v) is 20.3. The summed E-state index contributed by atoms with van der Waals surface area (Å²) in [5.74, 6) is -0.571. The molecule has 37 heavy (non-hydrogen) atoms. The third kappa shape index (κ3) is 7.37. The van der Waals surface area contributed by atoms with E-state index in [9.17, 15) is 22.4 Å². The number of carbonyl (C=O) groups is 1. The standard InChI is InChI=1S/C25H30F4N6O2/c26-20-2-1-8-32-23(20)22(33-37-16-25(27,28)29)18-6-12-35(13-7-18)24(36)19-4-10-34(11-5-19)15-17-3-9-31-21(30)14-17/h1-3,8-9,14,18-19H,4-7,10-13,15-16H2,(H2,30,31). The van der Waals surface area contributed by atoms with Gasteiger partial charge in [-0.2, -0.15) is 13.2 Å².